The first-order chi connectivity index (χ1) is 14.1. The van der Waals surface area contributed by atoms with Crippen molar-refractivity contribution in [2.24, 2.45) is 0 Å². The van der Waals surface area contributed by atoms with Crippen molar-refractivity contribution < 1.29 is 22.0 Å². The number of sulfonamides is 1. The van der Waals surface area contributed by atoms with Gasteiger partial charge in [0.2, 0.25) is 0 Å². The van der Waals surface area contributed by atoms with Crippen molar-refractivity contribution >= 4 is 62.1 Å². The minimum atomic E-state index is -4.19. The van der Waals surface area contributed by atoms with Crippen LogP contribution in [-0.4, -0.2) is 14.3 Å². The van der Waals surface area contributed by atoms with Crippen LogP contribution in [0.4, 0.5) is 20.2 Å². The Morgan fingerprint density at radius 1 is 0.833 bits per heavy atom. The Hall–Kier alpha value is -2.39. The largest absolute Gasteiger partial charge is 0.319 e. The van der Waals surface area contributed by atoms with Crippen LogP contribution < -0.4 is 10.0 Å². The minimum absolute atomic E-state index is 0.00318. The van der Waals surface area contributed by atoms with Gasteiger partial charge in [-0.3, -0.25) is 9.52 Å². The molecule has 0 bridgehead atoms. The smallest absolute Gasteiger partial charge is 0.261 e. The second kappa shape index (κ2) is 8.77. The lowest BCUT2D eigenvalue weighted by atomic mass is 10.2. The molecule has 0 aromatic heterocycles. The molecule has 0 radical (unpaired) electrons. The van der Waals surface area contributed by atoms with E-state index in [0.29, 0.717) is 5.02 Å². The van der Waals surface area contributed by atoms with Gasteiger partial charge in [-0.05, 0) is 54.6 Å². The Balaban J connectivity index is 1.81. The highest BCUT2D eigenvalue weighted by molar-refractivity contribution is 7.92. The Labute approximate surface area is 185 Å². The zero-order valence-corrected chi connectivity index (χ0v) is 17.8. The van der Waals surface area contributed by atoms with Gasteiger partial charge in [-0.15, -0.1) is 0 Å². The number of carbonyl (C=O) groups excluding carboxylic acids is 1. The van der Waals surface area contributed by atoms with E-state index in [1.54, 1.807) is 0 Å². The minimum Gasteiger partial charge on any atom is -0.319 e. The molecule has 156 valence electrons. The average molecular weight is 492 g/mol. The highest BCUT2D eigenvalue weighted by Crippen LogP contribution is 2.26. The standard InChI is InChI=1S/C19H11Cl3F2N2O3S/c20-10-1-4-13(14(21)7-10)19(27)25-18-6-3-12(9-17(18)24)30(28,29)26-11-2-5-16(23)15(22)8-11/h1-9,26H,(H,25,27). The molecule has 0 fully saturated rings. The molecule has 0 saturated heterocycles. The van der Waals surface area contributed by atoms with E-state index in [9.17, 15) is 22.0 Å². The quantitative estimate of drug-likeness (QED) is 0.461. The van der Waals surface area contributed by atoms with Crippen molar-refractivity contribution in [3.05, 3.63) is 86.9 Å². The number of amides is 1. The van der Waals surface area contributed by atoms with Crippen molar-refractivity contribution in [3.8, 4) is 0 Å². The number of carbonyl (C=O) groups is 1. The van der Waals surface area contributed by atoms with Crippen LogP contribution in [0.2, 0.25) is 15.1 Å². The third-order valence-corrected chi connectivity index (χ3v) is 6.06. The van der Waals surface area contributed by atoms with E-state index in [1.165, 1.54) is 24.3 Å². The van der Waals surface area contributed by atoms with Crippen LogP contribution in [0, 0.1) is 11.6 Å². The number of halogens is 5. The molecule has 0 heterocycles. The first kappa shape index (κ1) is 22.3. The van der Waals surface area contributed by atoms with E-state index in [0.717, 1.165) is 30.3 Å². The number of rotatable bonds is 5. The molecule has 0 unspecified atom stereocenters. The molecule has 0 aliphatic carbocycles. The fourth-order valence-corrected chi connectivity index (χ4v) is 4.14. The molecule has 0 atom stereocenters. The second-order valence-electron chi connectivity index (χ2n) is 5.95. The Bertz CT molecular complexity index is 1250. The Morgan fingerprint density at radius 2 is 1.57 bits per heavy atom. The van der Waals surface area contributed by atoms with Gasteiger partial charge in [0.05, 0.1) is 31.9 Å². The van der Waals surface area contributed by atoms with Crippen LogP contribution >= 0.6 is 34.8 Å². The number of benzene rings is 3. The summed E-state index contributed by atoms with van der Waals surface area (Å²) in [6, 6.07) is 10.3. The molecule has 2 N–H and O–H groups in total. The Morgan fingerprint density at radius 3 is 2.20 bits per heavy atom. The molecule has 0 spiro atoms. The fourth-order valence-electron chi connectivity index (χ4n) is 2.40. The van der Waals surface area contributed by atoms with Gasteiger partial charge in [0, 0.05) is 5.02 Å². The third kappa shape index (κ3) is 5.02. The molecule has 3 aromatic rings. The van der Waals surface area contributed by atoms with Crippen molar-refractivity contribution in [1.82, 2.24) is 0 Å². The van der Waals surface area contributed by atoms with Gasteiger partial charge in [-0.25, -0.2) is 17.2 Å². The second-order valence-corrected chi connectivity index (χ2v) is 8.89. The molecule has 0 aliphatic heterocycles. The summed E-state index contributed by atoms with van der Waals surface area (Å²) >= 11 is 17.4. The maximum atomic E-state index is 14.4. The van der Waals surface area contributed by atoms with Gasteiger partial charge in [0.1, 0.15) is 11.6 Å². The third-order valence-electron chi connectivity index (χ3n) is 3.85. The maximum absolute atomic E-state index is 14.4. The molecular formula is C19H11Cl3F2N2O3S. The lowest BCUT2D eigenvalue weighted by Gasteiger charge is -2.11. The molecule has 11 heteroatoms. The zero-order chi connectivity index (χ0) is 22.1. The summed E-state index contributed by atoms with van der Waals surface area (Å²) in [5.41, 5.74) is -0.196. The maximum Gasteiger partial charge on any atom is 0.261 e. The lowest BCUT2D eigenvalue weighted by Crippen LogP contribution is -2.16. The van der Waals surface area contributed by atoms with Crippen LogP contribution in [0.15, 0.2) is 59.5 Å². The van der Waals surface area contributed by atoms with Crippen molar-refractivity contribution in [2.45, 2.75) is 4.90 Å². The van der Waals surface area contributed by atoms with Crippen LogP contribution in [0.1, 0.15) is 10.4 Å². The number of nitrogens with one attached hydrogen (secondary N) is 2. The first-order valence-corrected chi connectivity index (χ1v) is 10.7. The van der Waals surface area contributed by atoms with Crippen LogP contribution in [0.3, 0.4) is 0 Å². The summed E-state index contributed by atoms with van der Waals surface area (Å²) in [6.45, 7) is 0. The zero-order valence-electron chi connectivity index (χ0n) is 14.7. The highest BCUT2D eigenvalue weighted by Gasteiger charge is 2.19. The summed E-state index contributed by atoms with van der Waals surface area (Å²) in [4.78, 5) is 11.9. The van der Waals surface area contributed by atoms with E-state index >= 15 is 0 Å². The number of anilines is 2. The van der Waals surface area contributed by atoms with E-state index in [-0.39, 0.29) is 27.0 Å². The van der Waals surface area contributed by atoms with Gasteiger partial charge in [-0.2, -0.15) is 0 Å². The van der Waals surface area contributed by atoms with Gasteiger partial charge >= 0.3 is 0 Å². The van der Waals surface area contributed by atoms with E-state index < -0.39 is 32.5 Å². The normalized spacial score (nSPS) is 11.2. The van der Waals surface area contributed by atoms with Gasteiger partial charge in [0.25, 0.3) is 15.9 Å². The predicted octanol–water partition coefficient (Wildman–Crippen LogP) is 5.98. The summed E-state index contributed by atoms with van der Waals surface area (Å²) in [5, 5.41) is 2.43. The molecule has 5 nitrogen and oxygen atoms in total. The van der Waals surface area contributed by atoms with Gasteiger partial charge < -0.3 is 5.32 Å². The summed E-state index contributed by atoms with van der Waals surface area (Å²) in [6.07, 6.45) is 0. The Kier molecular flexibility index (Phi) is 6.52. The lowest BCUT2D eigenvalue weighted by molar-refractivity contribution is 0.102. The number of hydrogen-bond donors (Lipinski definition) is 2. The number of hydrogen-bond acceptors (Lipinski definition) is 3. The van der Waals surface area contributed by atoms with Gasteiger partial charge in [-0.1, -0.05) is 34.8 Å². The van der Waals surface area contributed by atoms with Gasteiger partial charge in [0.15, 0.2) is 0 Å². The summed E-state index contributed by atoms with van der Waals surface area (Å²) in [5.74, 6) is -2.41. The molecule has 0 aliphatic rings. The summed E-state index contributed by atoms with van der Waals surface area (Å²) < 4.78 is 54.7. The molecule has 1 amide bonds. The molecular weight excluding hydrogens is 481 g/mol. The van der Waals surface area contributed by atoms with E-state index in [1.807, 2.05) is 0 Å². The molecule has 0 saturated carbocycles. The highest BCUT2D eigenvalue weighted by atomic mass is 35.5. The van der Waals surface area contributed by atoms with E-state index in [2.05, 4.69) is 10.0 Å². The van der Waals surface area contributed by atoms with Crippen LogP contribution in [-0.2, 0) is 10.0 Å². The predicted molar refractivity (Wildman–Crippen MR) is 113 cm³/mol. The van der Waals surface area contributed by atoms with Crippen LogP contribution in [0.25, 0.3) is 0 Å². The summed E-state index contributed by atoms with van der Waals surface area (Å²) in [7, 11) is -4.19. The topological polar surface area (TPSA) is 75.3 Å². The van der Waals surface area contributed by atoms with Crippen molar-refractivity contribution in [3.63, 3.8) is 0 Å². The molecule has 3 rings (SSSR count). The average Bonchev–Trinajstić information content (AvgIpc) is 2.66. The van der Waals surface area contributed by atoms with Crippen LogP contribution in [0.5, 0.6) is 0 Å². The molecule has 30 heavy (non-hydrogen) atoms. The van der Waals surface area contributed by atoms with Crippen molar-refractivity contribution in [1.29, 1.82) is 0 Å². The monoisotopic (exact) mass is 490 g/mol. The SMILES string of the molecule is O=C(Nc1ccc(S(=O)(=O)Nc2ccc(F)c(Cl)c2)cc1F)c1ccc(Cl)cc1Cl. The van der Waals surface area contributed by atoms with E-state index in [4.69, 9.17) is 34.8 Å². The van der Waals surface area contributed by atoms with Crippen molar-refractivity contribution in [2.75, 3.05) is 10.0 Å². The first-order valence-electron chi connectivity index (χ1n) is 8.10. The molecule has 3 aromatic carbocycles. The fraction of sp³-hybridized carbons (Fsp3) is 0.